The maximum Gasteiger partial charge on any atom is 0.0936 e. The minimum absolute atomic E-state index is 0.107. The van der Waals surface area contributed by atoms with Gasteiger partial charge in [0.15, 0.2) is 0 Å². The Bertz CT molecular complexity index is 1290. The van der Waals surface area contributed by atoms with Crippen molar-refractivity contribution in [1.29, 1.82) is 0 Å². The Labute approximate surface area is 384 Å². The molecule has 0 aromatic rings. The van der Waals surface area contributed by atoms with Gasteiger partial charge in [-0.15, -0.1) is 0 Å². The molecular formula is C57H101NO4. The van der Waals surface area contributed by atoms with Crippen LogP contribution >= 0.6 is 0 Å². The minimum Gasteiger partial charge on any atom is -0.379 e. The van der Waals surface area contributed by atoms with Crippen LogP contribution < -0.4 is 0 Å². The summed E-state index contributed by atoms with van der Waals surface area (Å²) in [5.41, 5.74) is 2.68. The van der Waals surface area contributed by atoms with Gasteiger partial charge in [0.25, 0.3) is 0 Å². The van der Waals surface area contributed by atoms with Gasteiger partial charge in [-0.25, -0.2) is 0 Å². The Hall–Kier alpha value is -0.980. The van der Waals surface area contributed by atoms with E-state index in [1.807, 2.05) is 0 Å². The average molecular weight is 864 g/mol. The van der Waals surface area contributed by atoms with Crippen molar-refractivity contribution in [2.24, 2.45) is 46.3 Å². The standard InChI is InChI=1S/C57H101NO4/c1-8-9-10-11-12-13-14-15-16-17-18-19-20-21-22-23-38-60-45-51(44-58-37-25-28-48(58)5)62-42-40-59-39-41-61-50-33-35-56(6)49(43-50)29-30-52-54-32-31-53(47(4)27-24-26-46(2)3)57(54,7)36-34-55(52)56/h12-13,15-16,29,46-48,50-55H,8-11,14,17-28,30-45H2,1-7H3/b13-12-,16-15-/t47-,48?,50+,51?,52+,53-,54+,55+,56+,57-/m1/s1. The van der Waals surface area contributed by atoms with E-state index in [1.165, 1.54) is 148 Å². The molecule has 2 unspecified atom stereocenters. The summed E-state index contributed by atoms with van der Waals surface area (Å²) in [5, 5.41) is 0. The number of rotatable bonds is 32. The topological polar surface area (TPSA) is 40.2 Å². The van der Waals surface area contributed by atoms with E-state index >= 15 is 0 Å². The molecule has 358 valence electrons. The fraction of sp³-hybridized carbons (Fsp3) is 0.895. The second kappa shape index (κ2) is 28.3. The molecule has 5 rings (SSSR count). The van der Waals surface area contributed by atoms with Crippen LogP contribution in [-0.2, 0) is 18.9 Å². The molecule has 1 heterocycles. The molecule has 0 aromatic heterocycles. The van der Waals surface area contributed by atoms with Crippen LogP contribution in [0.2, 0.25) is 0 Å². The lowest BCUT2D eigenvalue weighted by molar-refractivity contribution is -0.0736. The van der Waals surface area contributed by atoms with Crippen molar-refractivity contribution in [2.75, 3.05) is 52.7 Å². The third kappa shape index (κ3) is 16.1. The molecule has 5 aliphatic rings. The summed E-state index contributed by atoms with van der Waals surface area (Å²) in [6.45, 7) is 23.6. The molecule has 10 atom stereocenters. The van der Waals surface area contributed by atoms with Gasteiger partial charge in [0, 0.05) is 19.2 Å². The summed E-state index contributed by atoms with van der Waals surface area (Å²) < 4.78 is 25.2. The van der Waals surface area contributed by atoms with E-state index in [0.717, 1.165) is 67.9 Å². The van der Waals surface area contributed by atoms with Crippen LogP contribution in [0.15, 0.2) is 36.0 Å². The molecule has 62 heavy (non-hydrogen) atoms. The van der Waals surface area contributed by atoms with Crippen LogP contribution in [-0.4, -0.2) is 75.9 Å². The van der Waals surface area contributed by atoms with E-state index in [2.05, 4.69) is 83.7 Å². The quantitative estimate of drug-likeness (QED) is 0.0498. The number of likely N-dealkylation sites (tertiary alicyclic amines) is 1. The number of ether oxygens (including phenoxy) is 4. The van der Waals surface area contributed by atoms with Crippen molar-refractivity contribution in [2.45, 2.75) is 227 Å². The molecule has 5 heteroatoms. The first-order valence-electron chi connectivity index (χ1n) is 27.3. The average Bonchev–Trinajstić information content (AvgIpc) is 3.83. The van der Waals surface area contributed by atoms with Crippen LogP contribution in [0, 0.1) is 46.3 Å². The molecule has 0 radical (unpaired) electrons. The lowest BCUT2D eigenvalue weighted by Gasteiger charge is -2.58. The van der Waals surface area contributed by atoms with Gasteiger partial charge in [0.05, 0.1) is 45.2 Å². The molecule has 4 fully saturated rings. The van der Waals surface area contributed by atoms with Gasteiger partial charge in [-0.2, -0.15) is 0 Å². The molecule has 1 saturated heterocycles. The minimum atomic E-state index is 0.107. The predicted molar refractivity (Wildman–Crippen MR) is 264 cm³/mol. The van der Waals surface area contributed by atoms with Crippen molar-refractivity contribution in [3.05, 3.63) is 36.0 Å². The molecule has 3 saturated carbocycles. The summed E-state index contributed by atoms with van der Waals surface area (Å²) in [6.07, 6.45) is 45.5. The normalized spacial score (nSPS) is 31.2. The second-order valence-electron chi connectivity index (χ2n) is 22.3. The van der Waals surface area contributed by atoms with Gasteiger partial charge in [-0.1, -0.05) is 135 Å². The van der Waals surface area contributed by atoms with Gasteiger partial charge >= 0.3 is 0 Å². The summed E-state index contributed by atoms with van der Waals surface area (Å²) in [7, 11) is 0. The molecule has 0 aromatic carbocycles. The number of unbranched alkanes of at least 4 members (excludes halogenated alkanes) is 9. The number of nitrogens with zero attached hydrogens (tertiary/aromatic N) is 1. The zero-order chi connectivity index (χ0) is 44.0. The third-order valence-electron chi connectivity index (χ3n) is 17.3. The van der Waals surface area contributed by atoms with Crippen LogP contribution in [0.25, 0.3) is 0 Å². The Morgan fingerprint density at radius 2 is 1.50 bits per heavy atom. The fourth-order valence-electron chi connectivity index (χ4n) is 13.5. The highest BCUT2D eigenvalue weighted by Crippen LogP contribution is 2.67. The first kappa shape index (κ1) is 52.0. The van der Waals surface area contributed by atoms with Gasteiger partial charge in [0.2, 0.25) is 0 Å². The predicted octanol–water partition coefficient (Wildman–Crippen LogP) is 15.1. The zero-order valence-electron chi connectivity index (χ0n) is 42.0. The van der Waals surface area contributed by atoms with E-state index in [-0.39, 0.29) is 6.10 Å². The van der Waals surface area contributed by atoms with E-state index in [1.54, 1.807) is 5.57 Å². The molecule has 0 amide bonds. The van der Waals surface area contributed by atoms with Crippen LogP contribution in [0.5, 0.6) is 0 Å². The van der Waals surface area contributed by atoms with Gasteiger partial charge in [-0.05, 0) is 163 Å². The maximum atomic E-state index is 6.52. The number of hydrogen-bond acceptors (Lipinski definition) is 5. The molecule has 4 aliphatic carbocycles. The van der Waals surface area contributed by atoms with Crippen LogP contribution in [0.3, 0.4) is 0 Å². The first-order chi connectivity index (χ1) is 30.2. The maximum absolute atomic E-state index is 6.52. The van der Waals surface area contributed by atoms with Crippen LogP contribution in [0.4, 0.5) is 0 Å². The largest absolute Gasteiger partial charge is 0.379 e. The monoisotopic (exact) mass is 864 g/mol. The third-order valence-corrected chi connectivity index (χ3v) is 17.3. The molecule has 1 aliphatic heterocycles. The van der Waals surface area contributed by atoms with Crippen molar-refractivity contribution in [3.63, 3.8) is 0 Å². The van der Waals surface area contributed by atoms with Crippen molar-refractivity contribution in [3.8, 4) is 0 Å². The van der Waals surface area contributed by atoms with Gasteiger partial charge in [0.1, 0.15) is 0 Å². The highest BCUT2D eigenvalue weighted by molar-refractivity contribution is 5.25. The Morgan fingerprint density at radius 3 is 2.26 bits per heavy atom. The molecule has 5 nitrogen and oxygen atoms in total. The number of allylic oxidation sites excluding steroid dienone is 5. The summed E-state index contributed by atoms with van der Waals surface area (Å²) in [4.78, 5) is 2.59. The van der Waals surface area contributed by atoms with Gasteiger partial charge in [-0.3, -0.25) is 4.90 Å². The lowest BCUT2D eigenvalue weighted by Crippen LogP contribution is -2.51. The smallest absolute Gasteiger partial charge is 0.0936 e. The lowest BCUT2D eigenvalue weighted by atomic mass is 9.47. The highest BCUT2D eigenvalue weighted by Gasteiger charge is 2.59. The van der Waals surface area contributed by atoms with E-state index in [9.17, 15) is 0 Å². The summed E-state index contributed by atoms with van der Waals surface area (Å²) in [6, 6.07) is 0.641. The summed E-state index contributed by atoms with van der Waals surface area (Å²) >= 11 is 0. The summed E-state index contributed by atoms with van der Waals surface area (Å²) in [5.74, 6) is 5.36. The number of hydrogen-bond donors (Lipinski definition) is 0. The molecular weight excluding hydrogens is 763 g/mol. The first-order valence-corrected chi connectivity index (χ1v) is 27.3. The molecule has 0 bridgehead atoms. The SMILES string of the molecule is CCCCC/C=C\C/C=C\CCCCCCCCOCC(CN1CCCC1C)OCCOCCO[C@H]1CC[C@@]2(C)C(=CC[C@H]3[C@@H]4CC[C@H]([C@H](C)CCCC(C)C)[C@@]4(C)CC[C@@H]32)C1. The molecule has 0 spiro atoms. The van der Waals surface area contributed by atoms with Crippen molar-refractivity contribution < 1.29 is 18.9 Å². The van der Waals surface area contributed by atoms with Crippen molar-refractivity contribution >= 4 is 0 Å². The fourth-order valence-corrected chi connectivity index (χ4v) is 13.5. The van der Waals surface area contributed by atoms with Crippen LogP contribution in [0.1, 0.15) is 209 Å². The highest BCUT2D eigenvalue weighted by atomic mass is 16.6. The second-order valence-corrected chi connectivity index (χ2v) is 22.3. The zero-order valence-corrected chi connectivity index (χ0v) is 42.0. The van der Waals surface area contributed by atoms with E-state index in [4.69, 9.17) is 18.9 Å². The Balaban J connectivity index is 0.914. The number of fused-ring (bicyclic) bond motifs is 5. The molecule has 0 N–H and O–H groups in total. The van der Waals surface area contributed by atoms with E-state index in [0.29, 0.717) is 56.0 Å². The Kier molecular flexibility index (Phi) is 23.7. The van der Waals surface area contributed by atoms with E-state index < -0.39 is 0 Å². The Morgan fingerprint density at radius 1 is 0.742 bits per heavy atom. The van der Waals surface area contributed by atoms with Gasteiger partial charge < -0.3 is 18.9 Å². The van der Waals surface area contributed by atoms with Crippen molar-refractivity contribution in [1.82, 2.24) is 4.90 Å².